The lowest BCUT2D eigenvalue weighted by Gasteiger charge is -2.13. The summed E-state index contributed by atoms with van der Waals surface area (Å²) in [6.07, 6.45) is 39.2. The summed E-state index contributed by atoms with van der Waals surface area (Å²) in [4.78, 5) is 22.6. The molecule has 0 heterocycles. The Morgan fingerprint density at radius 3 is 1.38 bits per heavy atom. The fourth-order valence-corrected chi connectivity index (χ4v) is 5.32. The van der Waals surface area contributed by atoms with Gasteiger partial charge in [0.05, 0.1) is 6.10 Å². The molecule has 0 aliphatic heterocycles. The molecule has 0 amide bonds. The molecule has 0 saturated carbocycles. The van der Waals surface area contributed by atoms with E-state index in [9.17, 15) is 9.59 Å². The van der Waals surface area contributed by atoms with Crippen molar-refractivity contribution in [3.8, 4) is 0 Å². The van der Waals surface area contributed by atoms with Gasteiger partial charge in [0.1, 0.15) is 0 Å². The zero-order valence-electron chi connectivity index (χ0n) is 26.9. The van der Waals surface area contributed by atoms with Crippen molar-refractivity contribution in [2.75, 3.05) is 0 Å². The number of rotatable bonds is 32. The van der Waals surface area contributed by atoms with Crippen molar-refractivity contribution in [3.63, 3.8) is 0 Å². The average molecular weight is 565 g/mol. The third-order valence-electron chi connectivity index (χ3n) is 7.98. The number of aliphatic carboxylic acids is 1. The molecule has 0 rings (SSSR count). The van der Waals surface area contributed by atoms with E-state index < -0.39 is 5.97 Å². The second kappa shape index (κ2) is 32.2. The van der Waals surface area contributed by atoms with Crippen molar-refractivity contribution in [1.29, 1.82) is 0 Å². The Morgan fingerprint density at radius 2 is 0.925 bits per heavy atom. The van der Waals surface area contributed by atoms with Gasteiger partial charge in [-0.2, -0.15) is 0 Å². The zero-order valence-corrected chi connectivity index (χ0v) is 26.9. The van der Waals surface area contributed by atoms with Crippen LogP contribution in [0, 0.1) is 0 Å². The highest BCUT2D eigenvalue weighted by molar-refractivity contribution is 5.69. The second-order valence-electron chi connectivity index (χ2n) is 12.2. The highest BCUT2D eigenvalue weighted by atomic mass is 16.5. The van der Waals surface area contributed by atoms with Crippen LogP contribution in [0.15, 0.2) is 12.2 Å². The smallest absolute Gasteiger partial charge is 0.306 e. The Hall–Kier alpha value is -1.32. The molecule has 0 bridgehead atoms. The number of ether oxygens (including phenoxy) is 1. The molecular weight excluding hydrogens is 496 g/mol. The van der Waals surface area contributed by atoms with E-state index in [4.69, 9.17) is 9.84 Å². The Bertz CT molecular complexity index is 571. The number of esters is 1. The molecular formula is C36H68O4. The maximum atomic E-state index is 12.1. The first-order chi connectivity index (χ1) is 19.6. The van der Waals surface area contributed by atoms with Gasteiger partial charge in [-0.05, 0) is 51.9 Å². The molecule has 1 atom stereocenters. The summed E-state index contributed by atoms with van der Waals surface area (Å²) in [7, 11) is 0. The lowest BCUT2D eigenvalue weighted by Crippen LogP contribution is -2.14. The lowest BCUT2D eigenvalue weighted by molar-refractivity contribution is -0.148. The van der Waals surface area contributed by atoms with E-state index in [0.29, 0.717) is 12.8 Å². The van der Waals surface area contributed by atoms with Crippen LogP contribution in [0.4, 0.5) is 0 Å². The third kappa shape index (κ3) is 32.9. The topological polar surface area (TPSA) is 63.6 Å². The molecule has 0 aliphatic carbocycles. The third-order valence-corrected chi connectivity index (χ3v) is 7.98. The maximum Gasteiger partial charge on any atom is 0.306 e. The molecule has 0 aromatic heterocycles. The van der Waals surface area contributed by atoms with E-state index in [1.54, 1.807) is 0 Å². The van der Waals surface area contributed by atoms with Gasteiger partial charge in [-0.15, -0.1) is 0 Å². The Balaban J connectivity index is 3.28. The number of hydrogen-bond acceptors (Lipinski definition) is 3. The summed E-state index contributed by atoms with van der Waals surface area (Å²) in [5, 5.41) is 8.63. The van der Waals surface area contributed by atoms with Crippen molar-refractivity contribution in [1.82, 2.24) is 0 Å². The largest absolute Gasteiger partial charge is 0.481 e. The van der Waals surface area contributed by atoms with Gasteiger partial charge < -0.3 is 9.84 Å². The van der Waals surface area contributed by atoms with Gasteiger partial charge in [-0.1, -0.05) is 147 Å². The van der Waals surface area contributed by atoms with E-state index in [1.165, 1.54) is 141 Å². The van der Waals surface area contributed by atoms with Gasteiger partial charge >= 0.3 is 11.9 Å². The molecule has 0 aromatic carbocycles. The monoisotopic (exact) mass is 565 g/mol. The fourth-order valence-electron chi connectivity index (χ4n) is 5.32. The molecule has 1 unspecified atom stereocenters. The summed E-state index contributed by atoms with van der Waals surface area (Å²) in [5.41, 5.74) is 0. The molecule has 40 heavy (non-hydrogen) atoms. The summed E-state index contributed by atoms with van der Waals surface area (Å²) in [6.45, 7) is 4.29. The van der Waals surface area contributed by atoms with Gasteiger partial charge in [-0.3, -0.25) is 9.59 Å². The average Bonchev–Trinajstić information content (AvgIpc) is 2.92. The number of hydrogen-bond donors (Lipinski definition) is 1. The molecule has 4 nitrogen and oxygen atoms in total. The van der Waals surface area contributed by atoms with Crippen LogP contribution in [-0.2, 0) is 14.3 Å². The first-order valence-corrected chi connectivity index (χ1v) is 17.6. The summed E-state index contributed by atoms with van der Waals surface area (Å²) in [5.74, 6) is -0.666. The van der Waals surface area contributed by atoms with Gasteiger partial charge in [0.2, 0.25) is 0 Å². The minimum Gasteiger partial charge on any atom is -0.481 e. The van der Waals surface area contributed by atoms with Gasteiger partial charge in [0.25, 0.3) is 0 Å². The van der Waals surface area contributed by atoms with Crippen LogP contribution >= 0.6 is 0 Å². The summed E-state index contributed by atoms with van der Waals surface area (Å²) >= 11 is 0. The molecule has 0 saturated heterocycles. The van der Waals surface area contributed by atoms with Crippen LogP contribution < -0.4 is 0 Å². The van der Waals surface area contributed by atoms with E-state index in [1.807, 2.05) is 0 Å². The molecule has 236 valence electrons. The first-order valence-electron chi connectivity index (χ1n) is 17.6. The van der Waals surface area contributed by atoms with Crippen molar-refractivity contribution < 1.29 is 19.4 Å². The highest BCUT2D eigenvalue weighted by Crippen LogP contribution is 2.16. The van der Waals surface area contributed by atoms with E-state index >= 15 is 0 Å². The van der Waals surface area contributed by atoms with Crippen molar-refractivity contribution in [2.24, 2.45) is 0 Å². The first kappa shape index (κ1) is 38.7. The van der Waals surface area contributed by atoms with Gasteiger partial charge in [-0.25, -0.2) is 0 Å². The predicted octanol–water partition coefficient (Wildman–Crippen LogP) is 11.9. The zero-order chi connectivity index (χ0) is 29.4. The Kier molecular flexibility index (Phi) is 31.1. The predicted molar refractivity (Wildman–Crippen MR) is 172 cm³/mol. The lowest BCUT2D eigenvalue weighted by atomic mass is 10.0. The minimum absolute atomic E-state index is 0.00341. The van der Waals surface area contributed by atoms with E-state index in [2.05, 4.69) is 26.0 Å². The van der Waals surface area contributed by atoms with Gasteiger partial charge in [0, 0.05) is 12.8 Å². The number of allylic oxidation sites excluding steroid dienone is 2. The summed E-state index contributed by atoms with van der Waals surface area (Å²) < 4.78 is 5.62. The SMILES string of the molecule is CCCC/C=C\CCCCCCCC(=O)OC(C)CCCCCCCCCCCCCCCCCCCC(=O)O. The number of carbonyl (C=O) groups excluding carboxylic acids is 1. The number of unbranched alkanes of at least 4 members (excludes halogenated alkanes) is 23. The molecule has 0 aromatic rings. The maximum absolute atomic E-state index is 12.1. The number of carbonyl (C=O) groups is 2. The second-order valence-corrected chi connectivity index (χ2v) is 12.2. The summed E-state index contributed by atoms with van der Waals surface area (Å²) in [6, 6.07) is 0. The highest BCUT2D eigenvalue weighted by Gasteiger charge is 2.09. The normalized spacial score (nSPS) is 12.2. The van der Waals surface area contributed by atoms with Crippen LogP contribution in [0.3, 0.4) is 0 Å². The quantitative estimate of drug-likeness (QED) is 0.0501. The molecule has 4 heteroatoms. The molecule has 0 radical (unpaired) electrons. The van der Waals surface area contributed by atoms with Crippen molar-refractivity contribution >= 4 is 11.9 Å². The molecule has 0 fully saturated rings. The van der Waals surface area contributed by atoms with Crippen molar-refractivity contribution in [2.45, 2.75) is 206 Å². The standard InChI is InChI=1S/C36H68O4/c1-3-4-5-6-7-8-16-21-24-27-30-33-36(39)40-34(2)31-28-25-22-19-17-14-12-10-9-11-13-15-18-20-23-26-29-32-35(37)38/h6-7,34H,3-5,8-33H2,1-2H3,(H,37,38)/b7-6-. The van der Waals surface area contributed by atoms with Crippen LogP contribution in [0.25, 0.3) is 0 Å². The van der Waals surface area contributed by atoms with Crippen LogP contribution in [0.5, 0.6) is 0 Å². The Labute approximate surface area is 249 Å². The van der Waals surface area contributed by atoms with Crippen LogP contribution in [0.1, 0.15) is 200 Å². The number of carboxylic acids is 1. The van der Waals surface area contributed by atoms with Crippen LogP contribution in [-0.4, -0.2) is 23.1 Å². The number of carboxylic acid groups (broad SMARTS) is 1. The van der Waals surface area contributed by atoms with E-state index in [-0.39, 0.29) is 12.1 Å². The minimum atomic E-state index is -0.662. The molecule has 0 aliphatic rings. The van der Waals surface area contributed by atoms with Crippen LogP contribution in [0.2, 0.25) is 0 Å². The Morgan fingerprint density at radius 1 is 0.550 bits per heavy atom. The molecule has 1 N–H and O–H groups in total. The van der Waals surface area contributed by atoms with Gasteiger partial charge in [0.15, 0.2) is 0 Å². The molecule has 0 spiro atoms. The van der Waals surface area contributed by atoms with E-state index in [0.717, 1.165) is 32.1 Å². The van der Waals surface area contributed by atoms with Crippen molar-refractivity contribution in [3.05, 3.63) is 12.2 Å². The fraction of sp³-hybridized carbons (Fsp3) is 0.889.